The molecule has 0 heterocycles. The summed E-state index contributed by atoms with van der Waals surface area (Å²) < 4.78 is 4.80. The van der Waals surface area contributed by atoms with E-state index in [1.165, 1.54) is 0 Å². The molecule has 0 rings (SSSR count). The second kappa shape index (κ2) is 5.46. The minimum absolute atomic E-state index is 0.325. The minimum atomic E-state index is -0.325. The van der Waals surface area contributed by atoms with E-state index in [9.17, 15) is 4.79 Å². The third-order valence-electron chi connectivity index (χ3n) is 1.15. The Morgan fingerprint density at radius 3 is 2.50 bits per heavy atom. The van der Waals surface area contributed by atoms with Gasteiger partial charge in [-0.25, -0.2) is 4.79 Å². The summed E-state index contributed by atoms with van der Waals surface area (Å²) in [6.45, 7) is 2.17. The summed E-state index contributed by atoms with van der Waals surface area (Å²) in [6, 6.07) is 0. The first-order chi connectivity index (χ1) is 5.61. The Hall–Kier alpha value is -1.19. The van der Waals surface area contributed by atoms with E-state index in [0.717, 1.165) is 0 Å². The van der Waals surface area contributed by atoms with Crippen LogP contribution < -0.4 is 5.32 Å². The van der Waals surface area contributed by atoms with Gasteiger partial charge in [0.1, 0.15) is 5.70 Å². The summed E-state index contributed by atoms with van der Waals surface area (Å²) in [7, 11) is 5.37. The first kappa shape index (κ1) is 10.8. The van der Waals surface area contributed by atoms with Gasteiger partial charge in [-0.15, -0.1) is 0 Å². The highest BCUT2D eigenvalue weighted by Gasteiger charge is 2.07. The monoisotopic (exact) mass is 172 g/mol. The normalized spacial score (nSPS) is 10.8. The molecule has 0 spiro atoms. The van der Waals surface area contributed by atoms with Gasteiger partial charge < -0.3 is 15.0 Å². The number of carbonyl (C=O) groups is 1. The van der Waals surface area contributed by atoms with Gasteiger partial charge in [-0.05, 0) is 6.92 Å². The third-order valence-corrected chi connectivity index (χ3v) is 1.15. The Labute approximate surface area is 73.2 Å². The molecule has 0 aliphatic heterocycles. The Bertz CT molecular complexity index is 176. The van der Waals surface area contributed by atoms with Crippen LogP contribution >= 0.6 is 0 Å². The van der Waals surface area contributed by atoms with Crippen LogP contribution in [0, 0.1) is 0 Å². The van der Waals surface area contributed by atoms with Crippen LogP contribution in [0.5, 0.6) is 0 Å². The predicted molar refractivity (Wildman–Crippen MR) is 47.5 cm³/mol. The lowest BCUT2D eigenvalue weighted by Gasteiger charge is -2.10. The van der Waals surface area contributed by atoms with E-state index in [1.54, 1.807) is 25.1 Å². The van der Waals surface area contributed by atoms with Crippen molar-refractivity contribution in [2.24, 2.45) is 0 Å². The van der Waals surface area contributed by atoms with Gasteiger partial charge in [0.15, 0.2) is 0 Å². The average molecular weight is 172 g/mol. The molecule has 0 amide bonds. The van der Waals surface area contributed by atoms with Crippen LogP contribution in [0.25, 0.3) is 0 Å². The van der Waals surface area contributed by atoms with Crippen molar-refractivity contribution < 1.29 is 9.53 Å². The molecule has 0 bridgehead atoms. The first-order valence-electron chi connectivity index (χ1n) is 3.85. The first-order valence-corrected chi connectivity index (χ1v) is 3.85. The Morgan fingerprint density at radius 1 is 1.58 bits per heavy atom. The van der Waals surface area contributed by atoms with Crippen LogP contribution in [-0.2, 0) is 9.53 Å². The van der Waals surface area contributed by atoms with E-state index >= 15 is 0 Å². The highest BCUT2D eigenvalue weighted by Crippen LogP contribution is 1.93. The number of nitrogens with zero attached hydrogens (tertiary/aromatic N) is 1. The maximum Gasteiger partial charge on any atom is 0.355 e. The summed E-state index contributed by atoms with van der Waals surface area (Å²) in [6.07, 6.45) is 1.68. The van der Waals surface area contributed by atoms with Crippen molar-refractivity contribution in [3.8, 4) is 0 Å². The van der Waals surface area contributed by atoms with Gasteiger partial charge >= 0.3 is 5.97 Å². The van der Waals surface area contributed by atoms with Crippen LogP contribution in [0.2, 0.25) is 0 Å². The molecule has 0 aliphatic carbocycles. The molecule has 70 valence electrons. The molecular formula is C8H16N2O2. The molecule has 0 aromatic heterocycles. The van der Waals surface area contributed by atoms with Gasteiger partial charge in [-0.3, -0.25) is 0 Å². The highest BCUT2D eigenvalue weighted by atomic mass is 16.5. The summed E-state index contributed by atoms with van der Waals surface area (Å²) in [5.74, 6) is -0.325. The number of ether oxygens (including phenoxy) is 1. The van der Waals surface area contributed by atoms with Gasteiger partial charge in [0.2, 0.25) is 0 Å². The fourth-order valence-electron chi connectivity index (χ4n) is 0.686. The van der Waals surface area contributed by atoms with E-state index in [-0.39, 0.29) is 5.97 Å². The molecule has 0 atom stereocenters. The van der Waals surface area contributed by atoms with Crippen molar-refractivity contribution in [3.05, 3.63) is 11.9 Å². The molecule has 4 nitrogen and oxygen atoms in total. The zero-order valence-corrected chi connectivity index (χ0v) is 8.05. The second-order valence-corrected chi connectivity index (χ2v) is 2.48. The van der Waals surface area contributed by atoms with Gasteiger partial charge in [0.05, 0.1) is 6.61 Å². The second-order valence-electron chi connectivity index (χ2n) is 2.48. The number of likely N-dealkylation sites (N-methyl/N-ethyl adjacent to an activating group) is 1. The number of hydrogen-bond acceptors (Lipinski definition) is 4. The van der Waals surface area contributed by atoms with Crippen LogP contribution in [0.3, 0.4) is 0 Å². The van der Waals surface area contributed by atoms with E-state index in [2.05, 4.69) is 5.32 Å². The number of nitrogens with one attached hydrogen (secondary N) is 1. The molecule has 1 N–H and O–H groups in total. The molecule has 12 heavy (non-hydrogen) atoms. The Kier molecular flexibility index (Phi) is 4.92. The van der Waals surface area contributed by atoms with Gasteiger partial charge in [-0.2, -0.15) is 0 Å². The van der Waals surface area contributed by atoms with Crippen LogP contribution in [0.15, 0.2) is 11.9 Å². The van der Waals surface area contributed by atoms with Crippen molar-refractivity contribution in [1.29, 1.82) is 0 Å². The number of hydrogen-bond donors (Lipinski definition) is 1. The Balaban J connectivity index is 4.23. The predicted octanol–water partition coefficient (Wildman–Crippen LogP) is 0.172. The molecule has 0 fully saturated rings. The molecule has 0 aromatic carbocycles. The SMILES string of the molecule is CCOC(=O)/C(=C/N(C)C)NC. The lowest BCUT2D eigenvalue weighted by Crippen LogP contribution is -2.21. The summed E-state index contributed by atoms with van der Waals surface area (Å²) in [4.78, 5) is 12.9. The van der Waals surface area contributed by atoms with Crippen molar-refractivity contribution in [2.45, 2.75) is 6.92 Å². The largest absolute Gasteiger partial charge is 0.461 e. The third kappa shape index (κ3) is 3.85. The molecule has 4 heteroatoms. The molecular weight excluding hydrogens is 156 g/mol. The van der Waals surface area contributed by atoms with Crippen molar-refractivity contribution in [2.75, 3.05) is 27.7 Å². The highest BCUT2D eigenvalue weighted by molar-refractivity contribution is 5.87. The summed E-state index contributed by atoms with van der Waals surface area (Å²) in [5.41, 5.74) is 0.460. The minimum Gasteiger partial charge on any atom is -0.461 e. The van der Waals surface area contributed by atoms with E-state index in [4.69, 9.17) is 4.74 Å². The molecule has 0 saturated carbocycles. The summed E-state index contributed by atoms with van der Waals surface area (Å²) >= 11 is 0. The quantitative estimate of drug-likeness (QED) is 0.485. The van der Waals surface area contributed by atoms with Crippen LogP contribution in [0.1, 0.15) is 6.92 Å². The number of esters is 1. The lowest BCUT2D eigenvalue weighted by molar-refractivity contribution is -0.139. The smallest absolute Gasteiger partial charge is 0.355 e. The van der Waals surface area contributed by atoms with Crippen molar-refractivity contribution in [3.63, 3.8) is 0 Å². The van der Waals surface area contributed by atoms with E-state index in [1.807, 2.05) is 14.1 Å². The standard InChI is InChI=1S/C8H16N2O2/c1-5-12-8(11)7(9-2)6-10(3)4/h6,9H,5H2,1-4H3/b7-6-. The van der Waals surface area contributed by atoms with Gasteiger partial charge in [-0.1, -0.05) is 0 Å². The number of carbonyl (C=O) groups excluding carboxylic acids is 1. The summed E-state index contributed by atoms with van der Waals surface area (Å²) in [5, 5.41) is 2.76. The molecule has 0 radical (unpaired) electrons. The topological polar surface area (TPSA) is 41.6 Å². The number of rotatable bonds is 4. The molecule has 0 unspecified atom stereocenters. The molecule has 0 aromatic rings. The maximum atomic E-state index is 11.1. The van der Waals surface area contributed by atoms with Crippen LogP contribution in [0.4, 0.5) is 0 Å². The lowest BCUT2D eigenvalue weighted by atomic mass is 10.4. The van der Waals surface area contributed by atoms with Crippen molar-refractivity contribution >= 4 is 5.97 Å². The van der Waals surface area contributed by atoms with E-state index in [0.29, 0.717) is 12.3 Å². The maximum absolute atomic E-state index is 11.1. The zero-order valence-electron chi connectivity index (χ0n) is 8.05. The van der Waals surface area contributed by atoms with Crippen molar-refractivity contribution in [1.82, 2.24) is 10.2 Å². The Morgan fingerprint density at radius 2 is 2.17 bits per heavy atom. The molecule has 0 saturated heterocycles. The zero-order chi connectivity index (χ0) is 9.56. The fourth-order valence-corrected chi connectivity index (χ4v) is 0.686. The molecule has 0 aliphatic rings. The van der Waals surface area contributed by atoms with Gasteiger partial charge in [0.25, 0.3) is 0 Å². The van der Waals surface area contributed by atoms with E-state index < -0.39 is 0 Å². The van der Waals surface area contributed by atoms with Crippen LogP contribution in [-0.4, -0.2) is 38.6 Å². The fraction of sp³-hybridized carbons (Fsp3) is 0.625. The van der Waals surface area contributed by atoms with Gasteiger partial charge in [0, 0.05) is 27.3 Å². The average Bonchev–Trinajstić information content (AvgIpc) is 2.00.